The van der Waals surface area contributed by atoms with Crippen LogP contribution in [0.2, 0.25) is 0 Å². The Bertz CT molecular complexity index is 467. The van der Waals surface area contributed by atoms with E-state index in [1.165, 1.54) is 57.4 Å². The molecule has 0 spiro atoms. The predicted molar refractivity (Wildman–Crippen MR) is 98.8 cm³/mol. The molecule has 1 saturated carbocycles. The van der Waals surface area contributed by atoms with Gasteiger partial charge in [-0.05, 0) is 82.1 Å². The lowest BCUT2D eigenvalue weighted by molar-refractivity contribution is 0.138. The first-order chi connectivity index (χ1) is 11.2. The Balaban J connectivity index is 1.46. The van der Waals surface area contributed by atoms with Crippen molar-refractivity contribution >= 4 is 0 Å². The summed E-state index contributed by atoms with van der Waals surface area (Å²) in [5.41, 5.74) is 3.06. The first-order valence-corrected chi connectivity index (χ1v) is 9.71. The maximum absolute atomic E-state index is 2.61. The maximum Gasteiger partial charge on any atom is 0.0233 e. The SMILES string of the molecule is CCN(CC1CC(c2ccc(CN3CCCC3)cc2)C1)C(C)C. The molecule has 0 bridgehead atoms. The molecule has 1 aromatic rings. The Morgan fingerprint density at radius 2 is 1.74 bits per heavy atom. The van der Waals surface area contributed by atoms with Crippen molar-refractivity contribution in [1.29, 1.82) is 0 Å². The predicted octanol–water partition coefficient (Wildman–Crippen LogP) is 4.51. The van der Waals surface area contributed by atoms with Crippen LogP contribution in [0.4, 0.5) is 0 Å². The summed E-state index contributed by atoms with van der Waals surface area (Å²) in [7, 11) is 0. The molecule has 2 aliphatic rings. The lowest BCUT2D eigenvalue weighted by Gasteiger charge is -2.40. The van der Waals surface area contributed by atoms with Crippen LogP contribution in [0.25, 0.3) is 0 Å². The maximum atomic E-state index is 2.61. The van der Waals surface area contributed by atoms with Gasteiger partial charge in [-0.25, -0.2) is 0 Å². The normalized spacial score (nSPS) is 25.3. The van der Waals surface area contributed by atoms with Crippen LogP contribution in [0.1, 0.15) is 63.5 Å². The second-order valence-corrected chi connectivity index (χ2v) is 7.94. The molecule has 0 unspecified atom stereocenters. The molecule has 0 aromatic heterocycles. The Hall–Kier alpha value is -0.860. The minimum Gasteiger partial charge on any atom is -0.301 e. The fourth-order valence-electron chi connectivity index (χ4n) is 4.29. The largest absolute Gasteiger partial charge is 0.301 e. The van der Waals surface area contributed by atoms with Gasteiger partial charge in [0.1, 0.15) is 0 Å². The van der Waals surface area contributed by atoms with E-state index < -0.39 is 0 Å². The van der Waals surface area contributed by atoms with E-state index in [-0.39, 0.29) is 0 Å². The van der Waals surface area contributed by atoms with Crippen LogP contribution in [0.5, 0.6) is 0 Å². The smallest absolute Gasteiger partial charge is 0.0233 e. The molecule has 0 atom stereocenters. The van der Waals surface area contributed by atoms with E-state index in [1.807, 2.05) is 0 Å². The summed E-state index contributed by atoms with van der Waals surface area (Å²) in [5.74, 6) is 1.72. The summed E-state index contributed by atoms with van der Waals surface area (Å²) in [4.78, 5) is 5.19. The number of nitrogens with zero attached hydrogens (tertiary/aromatic N) is 2. The van der Waals surface area contributed by atoms with Gasteiger partial charge in [0, 0.05) is 19.1 Å². The third-order valence-electron chi connectivity index (χ3n) is 5.92. The molecule has 1 heterocycles. The Labute approximate surface area is 142 Å². The van der Waals surface area contributed by atoms with Crippen molar-refractivity contribution in [1.82, 2.24) is 9.80 Å². The van der Waals surface area contributed by atoms with Crippen molar-refractivity contribution in [2.45, 2.75) is 65.0 Å². The Morgan fingerprint density at radius 1 is 1.09 bits per heavy atom. The van der Waals surface area contributed by atoms with Crippen LogP contribution in [0.15, 0.2) is 24.3 Å². The van der Waals surface area contributed by atoms with Crippen molar-refractivity contribution in [3.63, 3.8) is 0 Å². The van der Waals surface area contributed by atoms with Gasteiger partial charge in [-0.15, -0.1) is 0 Å². The molecular weight excluding hydrogens is 280 g/mol. The highest BCUT2D eigenvalue weighted by atomic mass is 15.1. The first kappa shape index (κ1) is 17.0. The zero-order chi connectivity index (χ0) is 16.2. The zero-order valence-corrected chi connectivity index (χ0v) is 15.3. The summed E-state index contributed by atoms with van der Waals surface area (Å²) in [6.07, 6.45) is 5.53. The van der Waals surface area contributed by atoms with Gasteiger partial charge < -0.3 is 4.90 Å². The average Bonchev–Trinajstić information content (AvgIpc) is 3.00. The first-order valence-electron chi connectivity index (χ1n) is 9.71. The van der Waals surface area contributed by atoms with Crippen molar-refractivity contribution in [3.8, 4) is 0 Å². The van der Waals surface area contributed by atoms with Crippen LogP contribution in [0, 0.1) is 5.92 Å². The minimum atomic E-state index is 0.684. The number of hydrogen-bond acceptors (Lipinski definition) is 2. The third-order valence-corrected chi connectivity index (χ3v) is 5.92. The number of likely N-dealkylation sites (tertiary alicyclic amines) is 1. The van der Waals surface area contributed by atoms with Crippen LogP contribution in [-0.4, -0.2) is 42.0 Å². The van der Waals surface area contributed by atoms with Gasteiger partial charge >= 0.3 is 0 Å². The van der Waals surface area contributed by atoms with Gasteiger partial charge in [-0.3, -0.25) is 4.90 Å². The molecule has 2 nitrogen and oxygen atoms in total. The fourth-order valence-corrected chi connectivity index (χ4v) is 4.29. The van der Waals surface area contributed by atoms with E-state index in [1.54, 1.807) is 5.56 Å². The Morgan fingerprint density at radius 3 is 2.30 bits per heavy atom. The molecule has 1 aliphatic carbocycles. The summed E-state index contributed by atoms with van der Waals surface area (Å²) in [6.45, 7) is 13.1. The van der Waals surface area contributed by atoms with E-state index in [0.29, 0.717) is 6.04 Å². The highest BCUT2D eigenvalue weighted by Gasteiger charge is 2.31. The number of hydrogen-bond donors (Lipinski definition) is 0. The molecule has 0 amide bonds. The standard InChI is InChI=1S/C21H34N2/c1-4-23(17(2)3)16-19-13-21(14-19)20-9-7-18(8-10-20)15-22-11-5-6-12-22/h7-10,17,19,21H,4-6,11-16H2,1-3H3. The van der Waals surface area contributed by atoms with Gasteiger partial charge in [0.2, 0.25) is 0 Å². The second-order valence-electron chi connectivity index (χ2n) is 7.94. The quantitative estimate of drug-likeness (QED) is 0.731. The van der Waals surface area contributed by atoms with Crippen LogP contribution < -0.4 is 0 Å². The molecule has 0 N–H and O–H groups in total. The van der Waals surface area contributed by atoms with Gasteiger partial charge in [0.05, 0.1) is 0 Å². The molecular formula is C21H34N2. The molecule has 3 rings (SSSR count). The van der Waals surface area contributed by atoms with E-state index in [2.05, 4.69) is 54.8 Å². The highest BCUT2D eigenvalue weighted by Crippen LogP contribution is 2.42. The third kappa shape index (κ3) is 4.36. The van der Waals surface area contributed by atoms with Gasteiger partial charge in [0.15, 0.2) is 0 Å². The van der Waals surface area contributed by atoms with E-state index >= 15 is 0 Å². The molecule has 0 radical (unpaired) electrons. The van der Waals surface area contributed by atoms with Crippen LogP contribution in [-0.2, 0) is 6.54 Å². The van der Waals surface area contributed by atoms with Crippen LogP contribution >= 0.6 is 0 Å². The second kappa shape index (κ2) is 7.81. The number of rotatable bonds is 7. The molecule has 2 heteroatoms. The summed E-state index contributed by atoms with van der Waals surface area (Å²) < 4.78 is 0. The van der Waals surface area contributed by atoms with Gasteiger partial charge in [-0.1, -0.05) is 31.2 Å². The van der Waals surface area contributed by atoms with Crippen molar-refractivity contribution < 1.29 is 0 Å². The zero-order valence-electron chi connectivity index (χ0n) is 15.3. The molecule has 128 valence electrons. The molecule has 2 fully saturated rings. The Kier molecular flexibility index (Phi) is 5.76. The summed E-state index contributed by atoms with van der Waals surface area (Å²) >= 11 is 0. The van der Waals surface area contributed by atoms with E-state index in [4.69, 9.17) is 0 Å². The van der Waals surface area contributed by atoms with Gasteiger partial charge in [-0.2, -0.15) is 0 Å². The average molecular weight is 315 g/mol. The minimum absolute atomic E-state index is 0.684. The van der Waals surface area contributed by atoms with E-state index in [0.717, 1.165) is 18.4 Å². The van der Waals surface area contributed by atoms with Crippen molar-refractivity contribution in [2.24, 2.45) is 5.92 Å². The number of benzene rings is 1. The fraction of sp³-hybridized carbons (Fsp3) is 0.714. The van der Waals surface area contributed by atoms with Crippen LogP contribution in [0.3, 0.4) is 0 Å². The summed E-state index contributed by atoms with van der Waals surface area (Å²) in [6, 6.07) is 10.2. The van der Waals surface area contributed by atoms with Crippen molar-refractivity contribution in [2.75, 3.05) is 26.2 Å². The lowest BCUT2D eigenvalue weighted by Crippen LogP contribution is -2.39. The molecule has 23 heavy (non-hydrogen) atoms. The highest BCUT2D eigenvalue weighted by molar-refractivity contribution is 5.27. The summed E-state index contributed by atoms with van der Waals surface area (Å²) in [5, 5.41) is 0. The lowest BCUT2D eigenvalue weighted by atomic mass is 9.71. The van der Waals surface area contributed by atoms with E-state index in [9.17, 15) is 0 Å². The molecule has 1 aromatic carbocycles. The topological polar surface area (TPSA) is 6.48 Å². The van der Waals surface area contributed by atoms with Crippen molar-refractivity contribution in [3.05, 3.63) is 35.4 Å². The molecule has 1 saturated heterocycles. The monoisotopic (exact) mass is 314 g/mol. The van der Waals surface area contributed by atoms with Gasteiger partial charge in [0.25, 0.3) is 0 Å². The molecule has 1 aliphatic heterocycles.